The molecule has 19 heavy (non-hydrogen) atoms. The van der Waals surface area contributed by atoms with Crippen molar-refractivity contribution in [2.24, 2.45) is 0 Å². The van der Waals surface area contributed by atoms with Crippen molar-refractivity contribution in [3.05, 3.63) is 33.9 Å². The Hall–Kier alpha value is -1.43. The second kappa shape index (κ2) is 5.69. The first-order valence-electron chi connectivity index (χ1n) is 6.32. The molecule has 6 heteroatoms. The number of rotatable bonds is 3. The number of hydrogen-bond donors (Lipinski definition) is 0. The molecule has 1 fully saturated rings. The van der Waals surface area contributed by atoms with Gasteiger partial charge in [0.15, 0.2) is 0 Å². The second-order valence-corrected chi connectivity index (χ2v) is 6.61. The lowest BCUT2D eigenvalue weighted by Crippen LogP contribution is -2.37. The van der Waals surface area contributed by atoms with E-state index >= 15 is 0 Å². The van der Waals surface area contributed by atoms with Crippen LogP contribution in [0.25, 0.3) is 0 Å². The van der Waals surface area contributed by atoms with Crippen LogP contribution in [0, 0.1) is 17.0 Å². The molecule has 0 bridgehead atoms. The minimum atomic E-state index is -0.664. The molecule has 0 unspecified atom stereocenters. The van der Waals surface area contributed by atoms with Crippen molar-refractivity contribution in [3.63, 3.8) is 0 Å². The van der Waals surface area contributed by atoms with Gasteiger partial charge in [-0.3, -0.25) is 14.3 Å². The monoisotopic (exact) mass is 282 g/mol. The van der Waals surface area contributed by atoms with E-state index in [1.807, 2.05) is 13.1 Å². The number of benzene rings is 1. The Kier molecular flexibility index (Phi) is 4.19. The van der Waals surface area contributed by atoms with Gasteiger partial charge in [-0.1, -0.05) is 0 Å². The van der Waals surface area contributed by atoms with Gasteiger partial charge in [0.1, 0.15) is 0 Å². The van der Waals surface area contributed by atoms with Crippen molar-refractivity contribution in [2.45, 2.75) is 25.8 Å². The quantitative estimate of drug-likeness (QED) is 0.630. The highest BCUT2D eigenvalue weighted by atomic mass is 32.2. The van der Waals surface area contributed by atoms with Crippen LogP contribution >= 0.6 is 0 Å². The van der Waals surface area contributed by atoms with E-state index in [0.717, 1.165) is 30.0 Å². The topological polar surface area (TPSA) is 63.5 Å². The maximum atomic E-state index is 11.4. The van der Waals surface area contributed by atoms with Gasteiger partial charge in [0.25, 0.3) is 5.69 Å². The van der Waals surface area contributed by atoms with E-state index in [2.05, 4.69) is 4.90 Å². The van der Waals surface area contributed by atoms with Crippen LogP contribution in [0.5, 0.6) is 0 Å². The minimum absolute atomic E-state index is 0.155. The van der Waals surface area contributed by atoms with Crippen molar-refractivity contribution in [3.8, 4) is 0 Å². The van der Waals surface area contributed by atoms with Crippen LogP contribution < -0.4 is 4.90 Å². The van der Waals surface area contributed by atoms with E-state index in [1.165, 1.54) is 0 Å². The molecular weight excluding hydrogens is 264 g/mol. The van der Waals surface area contributed by atoms with Gasteiger partial charge in [-0.2, -0.15) is 0 Å². The van der Waals surface area contributed by atoms with Gasteiger partial charge in [0.05, 0.1) is 4.92 Å². The van der Waals surface area contributed by atoms with E-state index in [1.54, 1.807) is 19.1 Å². The summed E-state index contributed by atoms with van der Waals surface area (Å²) in [5, 5.41) is 10.8. The lowest BCUT2D eigenvalue weighted by atomic mass is 10.1. The van der Waals surface area contributed by atoms with Crippen LogP contribution in [-0.4, -0.2) is 33.7 Å². The average molecular weight is 282 g/mol. The molecule has 1 saturated heterocycles. The molecule has 2 rings (SSSR count). The fourth-order valence-electron chi connectivity index (χ4n) is 2.44. The largest absolute Gasteiger partial charge is 0.372 e. The summed E-state index contributed by atoms with van der Waals surface area (Å²) in [5.74, 6) is 1.50. The van der Waals surface area contributed by atoms with Gasteiger partial charge in [-0.05, 0) is 31.9 Å². The fraction of sp³-hybridized carbons (Fsp3) is 0.538. The number of anilines is 1. The SMILES string of the molecule is Cc1cc(N(C)C2CCS(=O)CC2)ccc1[N+](=O)[O-]. The zero-order valence-corrected chi connectivity index (χ0v) is 12.0. The van der Waals surface area contributed by atoms with Crippen molar-refractivity contribution >= 4 is 22.2 Å². The Bertz CT molecular complexity index is 509. The van der Waals surface area contributed by atoms with Crippen LogP contribution in [0.3, 0.4) is 0 Å². The van der Waals surface area contributed by atoms with E-state index in [9.17, 15) is 14.3 Å². The zero-order chi connectivity index (χ0) is 14.0. The van der Waals surface area contributed by atoms with Gasteiger partial charge in [0, 0.05) is 52.7 Å². The molecule has 0 atom stereocenters. The van der Waals surface area contributed by atoms with Gasteiger partial charge < -0.3 is 4.90 Å². The van der Waals surface area contributed by atoms with E-state index < -0.39 is 10.8 Å². The summed E-state index contributed by atoms with van der Waals surface area (Å²) in [6.45, 7) is 1.76. The summed E-state index contributed by atoms with van der Waals surface area (Å²) in [7, 11) is 1.34. The first kappa shape index (κ1) is 14.0. The van der Waals surface area contributed by atoms with Crippen LogP contribution in [0.4, 0.5) is 11.4 Å². The van der Waals surface area contributed by atoms with Crippen LogP contribution in [0.2, 0.25) is 0 Å². The molecule has 0 spiro atoms. The third-order valence-corrected chi connectivity index (χ3v) is 5.07. The van der Waals surface area contributed by atoms with Gasteiger partial charge in [0.2, 0.25) is 0 Å². The maximum absolute atomic E-state index is 11.4. The molecule has 0 aromatic heterocycles. The Balaban J connectivity index is 2.15. The minimum Gasteiger partial charge on any atom is -0.372 e. The highest BCUT2D eigenvalue weighted by Crippen LogP contribution is 2.27. The van der Waals surface area contributed by atoms with Crippen molar-refractivity contribution in [2.75, 3.05) is 23.5 Å². The molecule has 0 saturated carbocycles. The number of hydrogen-bond acceptors (Lipinski definition) is 4. The summed E-state index contributed by atoms with van der Waals surface area (Å²) < 4.78 is 11.4. The summed E-state index contributed by atoms with van der Waals surface area (Å²) in [6.07, 6.45) is 1.83. The second-order valence-electron chi connectivity index (χ2n) is 4.92. The Morgan fingerprint density at radius 2 is 2.00 bits per heavy atom. The highest BCUT2D eigenvalue weighted by Gasteiger charge is 2.22. The lowest BCUT2D eigenvalue weighted by Gasteiger charge is -2.32. The molecule has 5 nitrogen and oxygen atoms in total. The summed E-state index contributed by atoms with van der Waals surface area (Å²) in [5.41, 5.74) is 1.82. The molecule has 1 aliphatic rings. The Morgan fingerprint density at radius 3 is 2.53 bits per heavy atom. The summed E-state index contributed by atoms with van der Waals surface area (Å²) >= 11 is 0. The molecule has 0 radical (unpaired) electrons. The van der Waals surface area contributed by atoms with Crippen molar-refractivity contribution in [1.82, 2.24) is 0 Å². The molecular formula is C13H18N2O3S. The predicted molar refractivity (Wildman–Crippen MR) is 77.1 cm³/mol. The molecule has 0 amide bonds. The van der Waals surface area contributed by atoms with Crippen molar-refractivity contribution < 1.29 is 9.13 Å². The molecule has 1 aromatic carbocycles. The number of nitrogens with zero attached hydrogens (tertiary/aromatic N) is 2. The van der Waals surface area contributed by atoms with Gasteiger partial charge in [-0.25, -0.2) is 0 Å². The lowest BCUT2D eigenvalue weighted by molar-refractivity contribution is -0.385. The number of aryl methyl sites for hydroxylation is 1. The van der Waals surface area contributed by atoms with Gasteiger partial charge >= 0.3 is 0 Å². The normalized spacial score (nSPS) is 23.1. The third-order valence-electron chi connectivity index (χ3n) is 3.69. The molecule has 0 aliphatic carbocycles. The molecule has 104 valence electrons. The molecule has 1 heterocycles. The molecule has 1 aromatic rings. The summed E-state index contributed by atoms with van der Waals surface area (Å²) in [4.78, 5) is 12.6. The van der Waals surface area contributed by atoms with E-state index in [-0.39, 0.29) is 10.6 Å². The Labute approximate surface area is 115 Å². The number of nitro groups is 1. The zero-order valence-electron chi connectivity index (χ0n) is 11.2. The fourth-order valence-corrected chi connectivity index (χ4v) is 3.72. The third kappa shape index (κ3) is 3.12. The van der Waals surface area contributed by atoms with Crippen LogP contribution in [-0.2, 0) is 10.8 Å². The van der Waals surface area contributed by atoms with Gasteiger partial charge in [-0.15, -0.1) is 0 Å². The Morgan fingerprint density at radius 1 is 1.37 bits per heavy atom. The van der Waals surface area contributed by atoms with E-state index in [0.29, 0.717) is 11.6 Å². The molecule has 1 aliphatic heterocycles. The van der Waals surface area contributed by atoms with E-state index in [4.69, 9.17) is 0 Å². The summed E-state index contributed by atoms with van der Waals surface area (Å²) in [6, 6.07) is 5.57. The van der Waals surface area contributed by atoms with Crippen LogP contribution in [0.1, 0.15) is 18.4 Å². The highest BCUT2D eigenvalue weighted by molar-refractivity contribution is 7.85. The predicted octanol–water partition coefficient (Wildman–Crippen LogP) is 2.25. The molecule has 0 N–H and O–H groups in total. The number of nitro benzene ring substituents is 1. The first-order chi connectivity index (χ1) is 8.99. The standard InChI is InChI=1S/C13H18N2O3S/c1-10-9-12(3-4-13(10)15(16)17)14(2)11-5-7-19(18)8-6-11/h3-4,9,11H,5-8H2,1-2H3. The first-order valence-corrected chi connectivity index (χ1v) is 7.80. The van der Waals surface area contributed by atoms with Crippen LogP contribution in [0.15, 0.2) is 18.2 Å². The maximum Gasteiger partial charge on any atom is 0.272 e. The smallest absolute Gasteiger partial charge is 0.272 e. The van der Waals surface area contributed by atoms with Crippen molar-refractivity contribution in [1.29, 1.82) is 0 Å². The average Bonchev–Trinajstić information content (AvgIpc) is 2.38.